The number of nitrogens with zero attached hydrogens (tertiary/aromatic N) is 1. The normalized spacial score (nSPS) is 8.36. The van der Waals surface area contributed by atoms with Crippen molar-refractivity contribution in [2.75, 3.05) is 0 Å². The van der Waals surface area contributed by atoms with Crippen LogP contribution in [-0.4, -0.2) is 12.4 Å². The van der Waals surface area contributed by atoms with Gasteiger partial charge in [-0.3, -0.25) is 4.79 Å². The molecule has 3 nitrogen and oxygen atoms in total. The fourth-order valence-electron chi connectivity index (χ4n) is 0.738. The van der Waals surface area contributed by atoms with Gasteiger partial charge >= 0.3 is 0 Å². The number of hydrogen-bond acceptors (Lipinski definition) is 3. The Kier molecular flexibility index (Phi) is 2.31. The van der Waals surface area contributed by atoms with Crippen LogP contribution in [0.25, 0.3) is 0 Å². The molecule has 0 amide bonds. The molecule has 0 saturated carbocycles. The number of hydrogen-bond donors (Lipinski definition) is 0. The van der Waals surface area contributed by atoms with Crippen LogP contribution in [0.3, 0.4) is 0 Å². The minimum absolute atomic E-state index is 0.359. The third kappa shape index (κ3) is 1.60. The Bertz CT molecular complexity index is 314. The molecule has 0 aliphatic rings. The first kappa shape index (κ1) is 7.38. The smallest absolute Gasteiger partial charge is 0.240 e. The zero-order valence-electron chi connectivity index (χ0n) is 5.65. The van der Waals surface area contributed by atoms with Crippen molar-refractivity contribution >= 4 is 18.1 Å². The molecule has 0 heterocycles. The van der Waals surface area contributed by atoms with Crippen molar-refractivity contribution in [2.45, 2.75) is 0 Å². The lowest BCUT2D eigenvalue weighted by Gasteiger charge is -1.91. The predicted octanol–water partition coefficient (Wildman–Crippen LogP) is 1.47. The number of aliphatic imine (C=N–C) groups is 1. The molecule has 0 atom stereocenters. The molecule has 1 aromatic rings. The van der Waals surface area contributed by atoms with Gasteiger partial charge in [-0.15, -0.1) is 0 Å². The van der Waals surface area contributed by atoms with Gasteiger partial charge in [0.1, 0.15) is 0 Å². The van der Waals surface area contributed by atoms with Crippen LogP contribution in [0.1, 0.15) is 10.4 Å². The molecule has 0 unspecified atom stereocenters. The highest BCUT2D eigenvalue weighted by Crippen LogP contribution is 2.14. The van der Waals surface area contributed by atoms with E-state index in [4.69, 9.17) is 0 Å². The van der Waals surface area contributed by atoms with Gasteiger partial charge in [-0.1, -0.05) is 12.1 Å². The summed E-state index contributed by atoms with van der Waals surface area (Å²) in [5, 5.41) is 0. The summed E-state index contributed by atoms with van der Waals surface area (Å²) in [6, 6.07) is 6.56. The van der Waals surface area contributed by atoms with Crippen molar-refractivity contribution in [2.24, 2.45) is 4.99 Å². The minimum Gasteiger partial charge on any atom is -0.298 e. The van der Waals surface area contributed by atoms with Gasteiger partial charge in [0.05, 0.1) is 5.69 Å². The van der Waals surface area contributed by atoms with Crippen LogP contribution in [0.2, 0.25) is 0 Å². The van der Waals surface area contributed by atoms with E-state index in [2.05, 4.69) is 4.99 Å². The van der Waals surface area contributed by atoms with Crippen LogP contribution in [-0.2, 0) is 4.79 Å². The number of carbonyl (C=O) groups excluding carboxylic acids is 2. The molecule has 1 aromatic carbocycles. The molecule has 0 saturated heterocycles. The first-order chi connectivity index (χ1) is 5.38. The summed E-state index contributed by atoms with van der Waals surface area (Å²) >= 11 is 0. The summed E-state index contributed by atoms with van der Waals surface area (Å²) in [5.74, 6) is 0. The van der Waals surface area contributed by atoms with Crippen molar-refractivity contribution in [3.05, 3.63) is 29.8 Å². The van der Waals surface area contributed by atoms with Crippen molar-refractivity contribution in [3.63, 3.8) is 0 Å². The predicted molar refractivity (Wildman–Crippen MR) is 39.6 cm³/mol. The van der Waals surface area contributed by atoms with E-state index in [0.717, 1.165) is 0 Å². The van der Waals surface area contributed by atoms with Crippen molar-refractivity contribution in [3.8, 4) is 0 Å². The largest absolute Gasteiger partial charge is 0.298 e. The summed E-state index contributed by atoms with van der Waals surface area (Å²) in [6.45, 7) is 0. The summed E-state index contributed by atoms with van der Waals surface area (Å²) in [7, 11) is 0. The van der Waals surface area contributed by atoms with Gasteiger partial charge < -0.3 is 0 Å². The molecule has 0 spiro atoms. The molecule has 11 heavy (non-hydrogen) atoms. The molecule has 0 N–H and O–H groups in total. The van der Waals surface area contributed by atoms with Gasteiger partial charge in [0.25, 0.3) is 0 Å². The first-order valence-corrected chi connectivity index (χ1v) is 3.00. The number of para-hydroxylation sites is 1. The van der Waals surface area contributed by atoms with Gasteiger partial charge in [-0.2, -0.15) is 4.99 Å². The Morgan fingerprint density at radius 2 is 2.09 bits per heavy atom. The SMILES string of the molecule is O=C=Nc1ccccc1C=O. The highest BCUT2D eigenvalue weighted by atomic mass is 16.1. The Hall–Kier alpha value is -1.73. The summed E-state index contributed by atoms with van der Waals surface area (Å²) in [6.07, 6.45) is 2.02. The van der Waals surface area contributed by atoms with Gasteiger partial charge in [0.15, 0.2) is 6.29 Å². The second kappa shape index (κ2) is 3.44. The monoisotopic (exact) mass is 147 g/mol. The molecular weight excluding hydrogens is 142 g/mol. The van der Waals surface area contributed by atoms with Gasteiger partial charge in [-0.25, -0.2) is 4.79 Å². The van der Waals surface area contributed by atoms with Crippen molar-refractivity contribution in [1.82, 2.24) is 0 Å². The maximum atomic E-state index is 10.3. The quantitative estimate of drug-likeness (QED) is 0.361. The van der Waals surface area contributed by atoms with Crippen molar-refractivity contribution < 1.29 is 9.59 Å². The first-order valence-electron chi connectivity index (χ1n) is 3.00. The summed E-state index contributed by atoms with van der Waals surface area (Å²) in [5.41, 5.74) is 0.758. The van der Waals surface area contributed by atoms with Crippen LogP contribution in [0, 0.1) is 0 Å². The topological polar surface area (TPSA) is 46.5 Å². The zero-order valence-corrected chi connectivity index (χ0v) is 5.65. The van der Waals surface area contributed by atoms with Crippen LogP contribution in [0.5, 0.6) is 0 Å². The number of carbonyl (C=O) groups is 1. The maximum absolute atomic E-state index is 10.3. The number of benzene rings is 1. The highest BCUT2D eigenvalue weighted by molar-refractivity contribution is 5.83. The van der Waals surface area contributed by atoms with Gasteiger partial charge in [0, 0.05) is 5.56 Å². The molecular formula is C8H5NO2. The number of rotatable bonds is 2. The highest BCUT2D eigenvalue weighted by Gasteiger charge is 1.95. The lowest BCUT2D eigenvalue weighted by Crippen LogP contribution is -1.78. The van der Waals surface area contributed by atoms with Crippen LogP contribution < -0.4 is 0 Å². The Balaban J connectivity index is 3.21. The second-order valence-corrected chi connectivity index (χ2v) is 1.88. The molecule has 0 fully saturated rings. The summed E-state index contributed by atoms with van der Waals surface area (Å²) in [4.78, 5) is 23.5. The summed E-state index contributed by atoms with van der Waals surface area (Å²) < 4.78 is 0. The van der Waals surface area contributed by atoms with Gasteiger partial charge in [0.2, 0.25) is 6.08 Å². The number of aldehydes is 1. The van der Waals surface area contributed by atoms with Crippen LogP contribution in [0.15, 0.2) is 29.3 Å². The lowest BCUT2D eigenvalue weighted by molar-refractivity contribution is 0.112. The third-order valence-electron chi connectivity index (χ3n) is 1.23. The fraction of sp³-hybridized carbons (Fsp3) is 0. The minimum atomic E-state index is 0.359. The molecule has 1 rings (SSSR count). The molecule has 3 heteroatoms. The zero-order chi connectivity index (χ0) is 8.10. The molecule has 0 radical (unpaired) electrons. The third-order valence-corrected chi connectivity index (χ3v) is 1.23. The van der Waals surface area contributed by atoms with E-state index < -0.39 is 0 Å². The molecule has 0 aliphatic carbocycles. The molecule has 54 valence electrons. The van der Waals surface area contributed by atoms with E-state index in [-0.39, 0.29) is 0 Å². The maximum Gasteiger partial charge on any atom is 0.240 e. The molecule has 0 aliphatic heterocycles. The van der Waals surface area contributed by atoms with E-state index in [0.29, 0.717) is 17.5 Å². The van der Waals surface area contributed by atoms with E-state index in [1.807, 2.05) is 0 Å². The average molecular weight is 147 g/mol. The fourth-order valence-corrected chi connectivity index (χ4v) is 0.738. The second-order valence-electron chi connectivity index (χ2n) is 1.88. The van der Waals surface area contributed by atoms with Crippen LogP contribution >= 0.6 is 0 Å². The Morgan fingerprint density at radius 3 is 2.73 bits per heavy atom. The average Bonchev–Trinajstić information content (AvgIpc) is 2.06. The van der Waals surface area contributed by atoms with E-state index in [1.165, 1.54) is 6.08 Å². The lowest BCUT2D eigenvalue weighted by atomic mass is 10.2. The van der Waals surface area contributed by atoms with Crippen molar-refractivity contribution in [1.29, 1.82) is 0 Å². The Morgan fingerprint density at radius 1 is 1.36 bits per heavy atom. The standard InChI is InChI=1S/C8H5NO2/c10-5-7-3-1-2-4-8(7)9-6-11/h1-5H. The van der Waals surface area contributed by atoms with E-state index in [9.17, 15) is 9.59 Å². The van der Waals surface area contributed by atoms with Crippen LogP contribution in [0.4, 0.5) is 5.69 Å². The van der Waals surface area contributed by atoms with E-state index in [1.54, 1.807) is 24.3 Å². The molecule has 0 aromatic heterocycles. The van der Waals surface area contributed by atoms with Gasteiger partial charge in [-0.05, 0) is 12.1 Å². The number of isocyanates is 1. The Labute approximate surface area is 63.4 Å². The van der Waals surface area contributed by atoms with E-state index >= 15 is 0 Å². The molecule has 0 bridgehead atoms.